The molecule has 0 fully saturated rings. The zero-order valence-electron chi connectivity index (χ0n) is 25.3. The topological polar surface area (TPSA) is 209 Å². The molecule has 0 aliphatic rings. The fourth-order valence-electron chi connectivity index (χ4n) is 3.75. The summed E-state index contributed by atoms with van der Waals surface area (Å²) in [6.45, 7) is 15.5. The second-order valence-electron chi connectivity index (χ2n) is 11.7. The molecule has 6 unspecified atom stereocenters. The van der Waals surface area contributed by atoms with Crippen LogP contribution in [0.3, 0.4) is 0 Å². The number of nitrogens with one attached hydrogen (secondary N) is 5. The molecule has 0 rings (SSSR count). The van der Waals surface area contributed by atoms with Gasteiger partial charge in [-0.1, -0.05) is 41.5 Å². The van der Waals surface area contributed by atoms with Crippen LogP contribution < -0.4 is 32.3 Å². The molecule has 230 valence electrons. The molecule has 0 aromatic heterocycles. The highest BCUT2D eigenvalue weighted by Crippen LogP contribution is 2.09. The van der Waals surface area contributed by atoms with E-state index in [0.29, 0.717) is 6.42 Å². The zero-order valence-corrected chi connectivity index (χ0v) is 25.3. The van der Waals surface area contributed by atoms with E-state index in [-0.39, 0.29) is 30.6 Å². The van der Waals surface area contributed by atoms with Gasteiger partial charge in [0.2, 0.25) is 29.5 Å². The lowest BCUT2D eigenvalue weighted by molar-refractivity contribution is -0.142. The molecule has 0 spiro atoms. The molecule has 0 aromatic rings. The Labute approximate surface area is 237 Å². The van der Waals surface area contributed by atoms with E-state index in [9.17, 15) is 33.9 Å². The molecule has 0 radical (unpaired) electrons. The van der Waals surface area contributed by atoms with Crippen molar-refractivity contribution in [3.63, 3.8) is 0 Å². The number of aliphatic carboxylic acids is 1. The van der Waals surface area contributed by atoms with Crippen LogP contribution in [0.15, 0.2) is 0 Å². The Bertz CT molecular complexity index is 891. The minimum atomic E-state index is -1.17. The van der Waals surface area contributed by atoms with Crippen LogP contribution in [0.2, 0.25) is 0 Å². The van der Waals surface area contributed by atoms with Crippen LogP contribution in [0.4, 0.5) is 0 Å². The van der Waals surface area contributed by atoms with Gasteiger partial charge in [-0.15, -0.1) is 0 Å². The van der Waals surface area contributed by atoms with E-state index >= 15 is 0 Å². The highest BCUT2D eigenvalue weighted by molar-refractivity contribution is 5.96. The lowest BCUT2D eigenvalue weighted by Gasteiger charge is -2.26. The molecule has 13 nitrogen and oxygen atoms in total. The number of rotatable bonds is 17. The van der Waals surface area contributed by atoms with Crippen LogP contribution in [0.1, 0.15) is 81.6 Å². The molecule has 0 bridgehead atoms. The molecule has 0 saturated carbocycles. The summed E-state index contributed by atoms with van der Waals surface area (Å²) < 4.78 is 0. The molecule has 13 heteroatoms. The van der Waals surface area contributed by atoms with E-state index in [1.165, 1.54) is 20.8 Å². The van der Waals surface area contributed by atoms with Crippen molar-refractivity contribution in [1.82, 2.24) is 26.6 Å². The summed E-state index contributed by atoms with van der Waals surface area (Å²) in [4.78, 5) is 74.9. The maximum absolute atomic E-state index is 13.0. The van der Waals surface area contributed by atoms with Crippen molar-refractivity contribution in [3.05, 3.63) is 0 Å². The first-order chi connectivity index (χ1) is 18.3. The van der Waals surface area contributed by atoms with Crippen LogP contribution in [0.25, 0.3) is 0 Å². The number of carbonyl (C=O) groups is 6. The third-order valence-corrected chi connectivity index (χ3v) is 5.92. The largest absolute Gasteiger partial charge is 0.480 e. The summed E-state index contributed by atoms with van der Waals surface area (Å²) in [6, 6.07) is -5.92. The molecule has 0 aliphatic carbocycles. The summed E-state index contributed by atoms with van der Waals surface area (Å²) in [5.74, 6) is -4.05. The van der Waals surface area contributed by atoms with E-state index in [2.05, 4.69) is 26.6 Å². The average molecular weight is 571 g/mol. The zero-order chi connectivity index (χ0) is 31.3. The average Bonchev–Trinajstić information content (AvgIpc) is 2.81. The third-order valence-electron chi connectivity index (χ3n) is 5.92. The Morgan fingerprint density at radius 2 is 0.800 bits per heavy atom. The van der Waals surface area contributed by atoms with E-state index in [1.807, 2.05) is 41.5 Å². The quantitative estimate of drug-likeness (QED) is 0.126. The number of nitrogens with two attached hydrogens (primary N) is 1. The fraction of sp³-hybridized carbons (Fsp3) is 0.778. The molecule has 8 N–H and O–H groups in total. The van der Waals surface area contributed by atoms with Gasteiger partial charge in [0.1, 0.15) is 30.2 Å². The summed E-state index contributed by atoms with van der Waals surface area (Å²) >= 11 is 0. The summed E-state index contributed by atoms with van der Waals surface area (Å²) in [6.07, 6.45) is 0.805. The monoisotopic (exact) mass is 570 g/mol. The van der Waals surface area contributed by atoms with Crippen LogP contribution >= 0.6 is 0 Å². The van der Waals surface area contributed by atoms with Crippen molar-refractivity contribution in [3.8, 4) is 0 Å². The molecular formula is C27H50N6O7. The minimum absolute atomic E-state index is 0.00333. The molecule has 0 aliphatic heterocycles. The predicted octanol–water partition coefficient (Wildman–Crippen LogP) is 0.0203. The van der Waals surface area contributed by atoms with E-state index in [0.717, 1.165) is 0 Å². The SMILES string of the molecule is CC(C)CC(NC(=O)C(C)NC(=O)C(CC(C)C)NC(=O)C(C)NC(=O)C(CC(C)C)NC(=O)C(C)N)C(=O)O. The molecule has 0 heterocycles. The van der Waals surface area contributed by atoms with E-state index < -0.39 is 71.8 Å². The Morgan fingerprint density at radius 3 is 1.10 bits per heavy atom. The minimum Gasteiger partial charge on any atom is -0.480 e. The standard InChI is InChI=1S/C27H50N6O7/c1-13(2)10-19(31-22(34)16(7)28)25(37)29-17(8)23(35)32-20(11-14(3)4)26(38)30-18(9)24(36)33-21(27(39)40)12-15(5)6/h13-21H,10-12,28H2,1-9H3,(H,29,37)(H,30,38)(H,31,34)(H,32,35)(H,33,36)(H,39,40). The lowest BCUT2D eigenvalue weighted by atomic mass is 10.0. The molecule has 0 saturated heterocycles. The van der Waals surface area contributed by atoms with Crippen molar-refractivity contribution >= 4 is 35.5 Å². The van der Waals surface area contributed by atoms with Crippen LogP contribution in [0, 0.1) is 17.8 Å². The molecule has 0 aromatic carbocycles. The third kappa shape index (κ3) is 14.2. The normalized spacial score (nSPS) is 15.8. The number of amides is 5. The number of hydrogen-bond donors (Lipinski definition) is 7. The lowest BCUT2D eigenvalue weighted by Crippen LogP contribution is -2.58. The van der Waals surface area contributed by atoms with Gasteiger partial charge in [-0.05, 0) is 57.8 Å². The highest BCUT2D eigenvalue weighted by Gasteiger charge is 2.30. The number of carbonyl (C=O) groups excluding carboxylic acids is 5. The van der Waals surface area contributed by atoms with Crippen LogP contribution in [-0.4, -0.2) is 76.9 Å². The van der Waals surface area contributed by atoms with Crippen molar-refractivity contribution in [2.75, 3.05) is 0 Å². The first-order valence-corrected chi connectivity index (χ1v) is 13.9. The second-order valence-corrected chi connectivity index (χ2v) is 11.7. The number of hydrogen-bond acceptors (Lipinski definition) is 7. The highest BCUT2D eigenvalue weighted by atomic mass is 16.4. The van der Waals surface area contributed by atoms with Gasteiger partial charge in [0.25, 0.3) is 0 Å². The van der Waals surface area contributed by atoms with Crippen molar-refractivity contribution in [2.24, 2.45) is 23.5 Å². The van der Waals surface area contributed by atoms with Crippen LogP contribution in [-0.2, 0) is 28.8 Å². The Balaban J connectivity index is 5.38. The Kier molecular flexibility index (Phi) is 16.1. The van der Waals surface area contributed by atoms with Crippen molar-refractivity contribution in [1.29, 1.82) is 0 Å². The number of carboxylic acids is 1. The van der Waals surface area contributed by atoms with Gasteiger partial charge in [0.15, 0.2) is 0 Å². The predicted molar refractivity (Wildman–Crippen MR) is 151 cm³/mol. The van der Waals surface area contributed by atoms with Gasteiger partial charge < -0.3 is 37.4 Å². The van der Waals surface area contributed by atoms with Crippen molar-refractivity contribution in [2.45, 2.75) is 118 Å². The van der Waals surface area contributed by atoms with Gasteiger partial charge in [0, 0.05) is 0 Å². The number of carboxylic acid groups (broad SMARTS) is 1. The van der Waals surface area contributed by atoms with Gasteiger partial charge in [-0.3, -0.25) is 24.0 Å². The van der Waals surface area contributed by atoms with Crippen molar-refractivity contribution < 1.29 is 33.9 Å². The summed E-state index contributed by atoms with van der Waals surface area (Å²) in [7, 11) is 0. The fourth-order valence-corrected chi connectivity index (χ4v) is 3.75. The maximum atomic E-state index is 13.0. The smallest absolute Gasteiger partial charge is 0.326 e. The van der Waals surface area contributed by atoms with E-state index in [4.69, 9.17) is 5.73 Å². The summed E-state index contributed by atoms with van der Waals surface area (Å²) in [5, 5.41) is 22.1. The molecule has 6 atom stereocenters. The molecular weight excluding hydrogens is 520 g/mol. The Hall–Kier alpha value is -3.22. The van der Waals surface area contributed by atoms with E-state index in [1.54, 1.807) is 0 Å². The first kappa shape index (κ1) is 36.8. The second kappa shape index (κ2) is 17.5. The summed E-state index contributed by atoms with van der Waals surface area (Å²) in [5.41, 5.74) is 5.60. The molecule has 40 heavy (non-hydrogen) atoms. The van der Waals surface area contributed by atoms with Gasteiger partial charge in [-0.25, -0.2) is 4.79 Å². The first-order valence-electron chi connectivity index (χ1n) is 13.9. The van der Waals surface area contributed by atoms with Gasteiger partial charge in [-0.2, -0.15) is 0 Å². The molecule has 5 amide bonds. The maximum Gasteiger partial charge on any atom is 0.326 e. The van der Waals surface area contributed by atoms with Crippen LogP contribution in [0.5, 0.6) is 0 Å². The van der Waals surface area contributed by atoms with Gasteiger partial charge in [0.05, 0.1) is 6.04 Å². The Morgan fingerprint density at radius 1 is 0.500 bits per heavy atom. The van der Waals surface area contributed by atoms with Gasteiger partial charge >= 0.3 is 5.97 Å².